The van der Waals surface area contributed by atoms with E-state index in [4.69, 9.17) is 10.00 Å². The van der Waals surface area contributed by atoms with Crippen LogP contribution in [0.15, 0.2) is 12.1 Å². The number of methoxy groups -OCH3 is 1. The molecule has 0 amide bonds. The molecule has 1 aromatic rings. The highest BCUT2D eigenvalue weighted by Gasteiger charge is 2.23. The number of nitrogens with zero attached hydrogens (tertiary/aromatic N) is 2. The van der Waals surface area contributed by atoms with Crippen molar-refractivity contribution >= 4 is 11.4 Å². The van der Waals surface area contributed by atoms with Gasteiger partial charge < -0.3 is 10.1 Å². The molecule has 6 nitrogen and oxygen atoms in total. The molecule has 0 saturated heterocycles. The summed E-state index contributed by atoms with van der Waals surface area (Å²) in [6, 6.07) is 4.74. The van der Waals surface area contributed by atoms with Gasteiger partial charge in [-0.15, -0.1) is 0 Å². The summed E-state index contributed by atoms with van der Waals surface area (Å²) in [4.78, 5) is 10.2. The van der Waals surface area contributed by atoms with Crippen LogP contribution in [-0.2, 0) is 0 Å². The van der Waals surface area contributed by atoms with E-state index in [9.17, 15) is 10.1 Å². The van der Waals surface area contributed by atoms with Gasteiger partial charge in [0, 0.05) is 7.05 Å². The first-order valence-corrected chi connectivity index (χ1v) is 4.09. The zero-order valence-corrected chi connectivity index (χ0v) is 8.27. The first kappa shape index (κ1) is 10.8. The molecule has 0 aliphatic heterocycles. The van der Waals surface area contributed by atoms with Gasteiger partial charge in [-0.05, 0) is 12.1 Å². The summed E-state index contributed by atoms with van der Waals surface area (Å²) in [6.07, 6.45) is 0. The molecule has 0 unspecified atom stereocenters. The number of rotatable bonds is 3. The third-order valence-corrected chi connectivity index (χ3v) is 1.91. The van der Waals surface area contributed by atoms with Crippen molar-refractivity contribution in [2.75, 3.05) is 19.5 Å². The van der Waals surface area contributed by atoms with E-state index in [0.717, 1.165) is 0 Å². The first-order chi connectivity index (χ1) is 7.15. The van der Waals surface area contributed by atoms with Gasteiger partial charge in [0.2, 0.25) is 0 Å². The van der Waals surface area contributed by atoms with E-state index in [1.54, 1.807) is 0 Å². The van der Waals surface area contributed by atoms with E-state index in [2.05, 4.69) is 5.32 Å². The molecule has 15 heavy (non-hydrogen) atoms. The Labute approximate surface area is 86.2 Å². The van der Waals surface area contributed by atoms with Crippen LogP contribution in [0.2, 0.25) is 0 Å². The van der Waals surface area contributed by atoms with Gasteiger partial charge in [-0.25, -0.2) is 0 Å². The van der Waals surface area contributed by atoms with Gasteiger partial charge in [-0.3, -0.25) is 10.1 Å². The Balaban J connectivity index is 3.53. The van der Waals surface area contributed by atoms with E-state index < -0.39 is 4.92 Å². The maximum atomic E-state index is 10.8. The summed E-state index contributed by atoms with van der Waals surface area (Å²) < 4.78 is 4.86. The molecule has 6 heteroatoms. The minimum Gasteiger partial charge on any atom is -0.490 e. The summed E-state index contributed by atoms with van der Waals surface area (Å²) in [5.41, 5.74) is 0.158. The van der Waals surface area contributed by atoms with Crippen molar-refractivity contribution in [2.24, 2.45) is 0 Å². The van der Waals surface area contributed by atoms with Gasteiger partial charge >= 0.3 is 5.69 Å². The summed E-state index contributed by atoms with van der Waals surface area (Å²) in [6.45, 7) is 0. The molecule has 1 rings (SSSR count). The van der Waals surface area contributed by atoms with E-state index in [1.165, 1.54) is 26.3 Å². The molecule has 0 fully saturated rings. The van der Waals surface area contributed by atoms with Crippen LogP contribution < -0.4 is 10.1 Å². The van der Waals surface area contributed by atoms with Gasteiger partial charge in [0.1, 0.15) is 11.8 Å². The largest absolute Gasteiger partial charge is 0.490 e. The fraction of sp³-hybridized carbons (Fsp3) is 0.222. The van der Waals surface area contributed by atoms with Crippen molar-refractivity contribution in [3.05, 3.63) is 27.8 Å². The lowest BCUT2D eigenvalue weighted by atomic mass is 10.1. The number of hydrogen-bond acceptors (Lipinski definition) is 5. The molecule has 0 heterocycles. The molecule has 1 aromatic carbocycles. The van der Waals surface area contributed by atoms with Gasteiger partial charge in [0.05, 0.1) is 17.6 Å². The highest BCUT2D eigenvalue weighted by Crippen LogP contribution is 2.36. The average Bonchev–Trinajstić information content (AvgIpc) is 2.26. The highest BCUT2D eigenvalue weighted by molar-refractivity contribution is 5.75. The zero-order chi connectivity index (χ0) is 11.4. The normalized spacial score (nSPS) is 9.13. The molecular formula is C9H9N3O3. The van der Waals surface area contributed by atoms with Gasteiger partial charge in [-0.1, -0.05) is 0 Å². The van der Waals surface area contributed by atoms with Crippen molar-refractivity contribution in [3.63, 3.8) is 0 Å². The second-order valence-corrected chi connectivity index (χ2v) is 2.66. The third kappa shape index (κ3) is 1.81. The Morgan fingerprint density at radius 2 is 2.27 bits per heavy atom. The fourth-order valence-electron chi connectivity index (χ4n) is 1.26. The number of nitriles is 1. The van der Waals surface area contributed by atoms with Crippen LogP contribution in [0.1, 0.15) is 5.56 Å². The standard InChI is InChI=1S/C9H9N3O3/c1-11-8-6(5-10)3-4-7(15-2)9(8)12(13)14/h3-4,11H,1-2H3. The van der Waals surface area contributed by atoms with Crippen molar-refractivity contribution in [1.29, 1.82) is 5.26 Å². The first-order valence-electron chi connectivity index (χ1n) is 4.09. The summed E-state index contributed by atoms with van der Waals surface area (Å²) in [5.74, 6) is 0.128. The minimum atomic E-state index is -0.578. The van der Waals surface area contributed by atoms with Crippen LogP contribution in [0.25, 0.3) is 0 Å². The van der Waals surface area contributed by atoms with Crippen LogP contribution in [0.3, 0.4) is 0 Å². The Kier molecular flexibility index (Phi) is 3.08. The maximum Gasteiger partial charge on any atom is 0.335 e. The van der Waals surface area contributed by atoms with Crippen molar-refractivity contribution in [2.45, 2.75) is 0 Å². The van der Waals surface area contributed by atoms with E-state index in [0.29, 0.717) is 0 Å². The van der Waals surface area contributed by atoms with E-state index in [-0.39, 0.29) is 22.7 Å². The quantitative estimate of drug-likeness (QED) is 0.599. The molecule has 0 spiro atoms. The number of benzene rings is 1. The fourth-order valence-corrected chi connectivity index (χ4v) is 1.26. The minimum absolute atomic E-state index is 0.128. The topological polar surface area (TPSA) is 88.2 Å². The molecule has 0 aliphatic rings. The average molecular weight is 207 g/mol. The van der Waals surface area contributed by atoms with Crippen molar-refractivity contribution in [3.8, 4) is 11.8 Å². The molecule has 0 saturated carbocycles. The Hall–Kier alpha value is -2.29. The molecule has 0 aromatic heterocycles. The molecular weight excluding hydrogens is 198 g/mol. The third-order valence-electron chi connectivity index (χ3n) is 1.91. The second kappa shape index (κ2) is 4.28. The SMILES string of the molecule is CNc1c(C#N)ccc(OC)c1[N+](=O)[O-]. The van der Waals surface area contributed by atoms with Gasteiger partial charge in [0.15, 0.2) is 5.75 Å². The molecule has 78 valence electrons. The van der Waals surface area contributed by atoms with Crippen LogP contribution in [0, 0.1) is 21.4 Å². The molecule has 0 radical (unpaired) electrons. The number of anilines is 1. The maximum absolute atomic E-state index is 10.8. The predicted octanol–water partition coefficient (Wildman–Crippen LogP) is 1.52. The summed E-state index contributed by atoms with van der Waals surface area (Å²) in [7, 11) is 2.86. The Morgan fingerprint density at radius 3 is 2.67 bits per heavy atom. The Morgan fingerprint density at radius 1 is 1.60 bits per heavy atom. The lowest BCUT2D eigenvalue weighted by molar-refractivity contribution is -0.384. The Bertz CT molecular complexity index is 437. The van der Waals surface area contributed by atoms with Crippen LogP contribution in [0.4, 0.5) is 11.4 Å². The zero-order valence-electron chi connectivity index (χ0n) is 8.27. The number of ether oxygens (including phenoxy) is 1. The van der Waals surface area contributed by atoms with Crippen LogP contribution in [-0.4, -0.2) is 19.1 Å². The van der Waals surface area contributed by atoms with Crippen molar-refractivity contribution in [1.82, 2.24) is 0 Å². The lowest BCUT2D eigenvalue weighted by Crippen LogP contribution is -2.01. The lowest BCUT2D eigenvalue weighted by Gasteiger charge is -2.07. The molecule has 1 N–H and O–H groups in total. The van der Waals surface area contributed by atoms with Gasteiger partial charge in [0.25, 0.3) is 0 Å². The number of nitro groups is 1. The molecule has 0 atom stereocenters. The van der Waals surface area contributed by atoms with Crippen LogP contribution >= 0.6 is 0 Å². The number of hydrogen-bond donors (Lipinski definition) is 1. The monoisotopic (exact) mass is 207 g/mol. The predicted molar refractivity (Wildman–Crippen MR) is 53.9 cm³/mol. The van der Waals surface area contributed by atoms with Crippen molar-refractivity contribution < 1.29 is 9.66 Å². The summed E-state index contributed by atoms with van der Waals surface area (Å²) in [5, 5.41) is 22.2. The smallest absolute Gasteiger partial charge is 0.335 e. The number of nitrogens with one attached hydrogen (secondary N) is 1. The highest BCUT2D eigenvalue weighted by atomic mass is 16.6. The van der Waals surface area contributed by atoms with E-state index >= 15 is 0 Å². The van der Waals surface area contributed by atoms with Gasteiger partial charge in [-0.2, -0.15) is 5.26 Å². The summed E-state index contributed by atoms with van der Waals surface area (Å²) >= 11 is 0. The molecule has 0 bridgehead atoms. The number of nitro benzene ring substituents is 1. The van der Waals surface area contributed by atoms with Crippen LogP contribution in [0.5, 0.6) is 5.75 Å². The second-order valence-electron chi connectivity index (χ2n) is 2.66. The van der Waals surface area contributed by atoms with E-state index in [1.807, 2.05) is 6.07 Å². The molecule has 0 aliphatic carbocycles.